The molecule has 3 aliphatic heterocycles. The lowest BCUT2D eigenvalue weighted by molar-refractivity contribution is -0.201. The molecule has 0 bridgehead atoms. The summed E-state index contributed by atoms with van der Waals surface area (Å²) in [5, 5.41) is 0. The van der Waals surface area contributed by atoms with E-state index < -0.39 is 11.6 Å². The van der Waals surface area contributed by atoms with Crippen LogP contribution in [0.3, 0.4) is 0 Å². The summed E-state index contributed by atoms with van der Waals surface area (Å²) in [6.07, 6.45) is 1.03. The third-order valence-corrected chi connectivity index (χ3v) is 3.75. The second-order valence-corrected chi connectivity index (χ2v) is 6.23. The lowest BCUT2D eigenvalue weighted by Gasteiger charge is -2.26. The minimum atomic E-state index is -0.590. The average Bonchev–Trinajstić information content (AvgIpc) is 2.89. The number of ether oxygens (including phenoxy) is 5. The molecule has 0 unspecified atom stereocenters. The maximum absolute atomic E-state index is 5.98. The third-order valence-electron chi connectivity index (χ3n) is 3.75. The lowest BCUT2D eigenvalue weighted by atomic mass is 10.0. The number of hydrogen-bond acceptors (Lipinski definition) is 5. The molecular weight excluding hydrogens is 248 g/mol. The first-order chi connectivity index (χ1) is 8.81. The number of fused-ring (bicyclic) bond motifs is 1. The van der Waals surface area contributed by atoms with Crippen LogP contribution in [-0.4, -0.2) is 48.7 Å². The molecule has 0 radical (unpaired) electrons. The molecule has 5 atom stereocenters. The standard InChI is InChI=1S/C14H22O5/c1-6-8-11-12(19-14(4,5)18-11)10(16-8)9-7-15-13(2,3)17-9/h6,8-12H,1,7H2,2-5H3/t8-,9-,10-,11-,12+/m1/s1. The van der Waals surface area contributed by atoms with Gasteiger partial charge in [0.15, 0.2) is 11.6 Å². The Bertz CT molecular complexity index is 378. The van der Waals surface area contributed by atoms with Crippen LogP contribution in [0.5, 0.6) is 0 Å². The van der Waals surface area contributed by atoms with Gasteiger partial charge in [-0.2, -0.15) is 0 Å². The SMILES string of the molecule is C=C[C@H]1O[C@H]([C@H]2COC(C)(C)O2)[C@@H]2OC(C)(C)O[C@@H]21. The van der Waals surface area contributed by atoms with Crippen LogP contribution in [0.1, 0.15) is 27.7 Å². The van der Waals surface area contributed by atoms with E-state index in [4.69, 9.17) is 23.7 Å². The van der Waals surface area contributed by atoms with E-state index in [1.165, 1.54) is 0 Å². The van der Waals surface area contributed by atoms with Gasteiger partial charge >= 0.3 is 0 Å². The summed E-state index contributed by atoms with van der Waals surface area (Å²) < 4.78 is 29.3. The molecule has 0 aromatic heterocycles. The van der Waals surface area contributed by atoms with Crippen molar-refractivity contribution in [2.45, 2.75) is 69.8 Å². The van der Waals surface area contributed by atoms with Crippen LogP contribution in [0.25, 0.3) is 0 Å². The zero-order valence-electron chi connectivity index (χ0n) is 11.9. The Hall–Kier alpha value is -0.460. The summed E-state index contributed by atoms with van der Waals surface area (Å²) in [6.45, 7) is 12.0. The maximum Gasteiger partial charge on any atom is 0.164 e. The molecule has 0 saturated carbocycles. The third kappa shape index (κ3) is 2.34. The van der Waals surface area contributed by atoms with E-state index in [-0.39, 0.29) is 30.5 Å². The highest BCUT2D eigenvalue weighted by molar-refractivity contribution is 5.06. The number of hydrogen-bond donors (Lipinski definition) is 0. The fourth-order valence-electron chi connectivity index (χ4n) is 3.03. The van der Waals surface area contributed by atoms with Gasteiger partial charge in [0.2, 0.25) is 0 Å². The van der Waals surface area contributed by atoms with Gasteiger partial charge in [-0.1, -0.05) is 6.08 Å². The average molecular weight is 270 g/mol. The molecule has 0 N–H and O–H groups in total. The van der Waals surface area contributed by atoms with Crippen LogP contribution in [0.4, 0.5) is 0 Å². The molecule has 5 nitrogen and oxygen atoms in total. The summed E-state index contributed by atoms with van der Waals surface area (Å²) in [7, 11) is 0. The van der Waals surface area contributed by atoms with Crippen LogP contribution < -0.4 is 0 Å². The summed E-state index contributed by atoms with van der Waals surface area (Å²) in [5.41, 5.74) is 0. The topological polar surface area (TPSA) is 46.2 Å². The Morgan fingerprint density at radius 1 is 0.947 bits per heavy atom. The predicted octanol–water partition coefficient (Wildman–Crippen LogP) is 1.61. The fraction of sp³-hybridized carbons (Fsp3) is 0.857. The Balaban J connectivity index is 1.78. The van der Waals surface area contributed by atoms with Crippen molar-refractivity contribution >= 4 is 0 Å². The molecule has 0 aromatic carbocycles. The normalized spacial score (nSPS) is 47.3. The Morgan fingerprint density at radius 3 is 2.21 bits per heavy atom. The van der Waals surface area contributed by atoms with E-state index in [1.54, 1.807) is 6.08 Å². The van der Waals surface area contributed by atoms with Gasteiger partial charge in [-0.25, -0.2) is 0 Å². The molecule has 19 heavy (non-hydrogen) atoms. The molecule has 5 heteroatoms. The van der Waals surface area contributed by atoms with E-state index in [9.17, 15) is 0 Å². The van der Waals surface area contributed by atoms with E-state index in [0.29, 0.717) is 6.61 Å². The predicted molar refractivity (Wildman–Crippen MR) is 67.6 cm³/mol. The van der Waals surface area contributed by atoms with Crippen molar-refractivity contribution in [1.82, 2.24) is 0 Å². The van der Waals surface area contributed by atoms with Gasteiger partial charge in [0, 0.05) is 0 Å². The minimum Gasteiger partial charge on any atom is -0.362 e. The molecule has 0 spiro atoms. The first-order valence-electron chi connectivity index (χ1n) is 6.77. The Labute approximate surface area is 113 Å². The molecule has 3 heterocycles. The smallest absolute Gasteiger partial charge is 0.164 e. The fourth-order valence-corrected chi connectivity index (χ4v) is 3.03. The number of rotatable bonds is 2. The van der Waals surface area contributed by atoms with Gasteiger partial charge in [0.25, 0.3) is 0 Å². The first-order valence-corrected chi connectivity index (χ1v) is 6.77. The van der Waals surface area contributed by atoms with Gasteiger partial charge in [-0.05, 0) is 27.7 Å². The van der Waals surface area contributed by atoms with Crippen molar-refractivity contribution in [2.24, 2.45) is 0 Å². The molecule has 3 rings (SSSR count). The zero-order valence-corrected chi connectivity index (χ0v) is 11.9. The Morgan fingerprint density at radius 2 is 1.63 bits per heavy atom. The van der Waals surface area contributed by atoms with Gasteiger partial charge in [-0.3, -0.25) is 0 Å². The van der Waals surface area contributed by atoms with Crippen LogP contribution in [0, 0.1) is 0 Å². The van der Waals surface area contributed by atoms with E-state index >= 15 is 0 Å². The first kappa shape index (κ1) is 13.5. The second kappa shape index (κ2) is 4.27. The molecule has 3 fully saturated rings. The summed E-state index contributed by atoms with van der Waals surface area (Å²) >= 11 is 0. The Kier molecular flexibility index (Phi) is 3.04. The lowest BCUT2D eigenvalue weighted by Crippen LogP contribution is -2.40. The molecule has 0 aliphatic carbocycles. The van der Waals surface area contributed by atoms with Gasteiger partial charge in [0.05, 0.1) is 6.61 Å². The van der Waals surface area contributed by atoms with E-state index in [1.807, 2.05) is 27.7 Å². The molecular formula is C14H22O5. The van der Waals surface area contributed by atoms with Crippen LogP contribution in [-0.2, 0) is 23.7 Å². The van der Waals surface area contributed by atoms with Crippen molar-refractivity contribution in [3.8, 4) is 0 Å². The van der Waals surface area contributed by atoms with E-state index in [0.717, 1.165) is 0 Å². The van der Waals surface area contributed by atoms with Gasteiger partial charge in [-0.15, -0.1) is 6.58 Å². The highest BCUT2D eigenvalue weighted by Crippen LogP contribution is 2.42. The van der Waals surface area contributed by atoms with Crippen LogP contribution in [0.15, 0.2) is 12.7 Å². The van der Waals surface area contributed by atoms with Gasteiger partial charge in [0.1, 0.15) is 30.5 Å². The van der Waals surface area contributed by atoms with Crippen molar-refractivity contribution in [3.05, 3.63) is 12.7 Å². The van der Waals surface area contributed by atoms with E-state index in [2.05, 4.69) is 6.58 Å². The molecule has 108 valence electrons. The largest absolute Gasteiger partial charge is 0.362 e. The monoisotopic (exact) mass is 270 g/mol. The van der Waals surface area contributed by atoms with Crippen molar-refractivity contribution in [3.63, 3.8) is 0 Å². The summed E-state index contributed by atoms with van der Waals surface area (Å²) in [5.74, 6) is -1.15. The highest BCUT2D eigenvalue weighted by Gasteiger charge is 2.58. The van der Waals surface area contributed by atoms with Crippen LogP contribution in [0.2, 0.25) is 0 Å². The summed E-state index contributed by atoms with van der Waals surface area (Å²) in [4.78, 5) is 0. The molecule has 3 aliphatic rings. The minimum absolute atomic E-state index is 0.121. The van der Waals surface area contributed by atoms with Crippen molar-refractivity contribution < 1.29 is 23.7 Å². The summed E-state index contributed by atoms with van der Waals surface area (Å²) in [6, 6.07) is 0. The molecule has 3 saturated heterocycles. The zero-order chi connectivity index (χ0) is 13.8. The van der Waals surface area contributed by atoms with Crippen molar-refractivity contribution in [1.29, 1.82) is 0 Å². The van der Waals surface area contributed by atoms with Crippen LogP contribution >= 0.6 is 0 Å². The highest BCUT2D eigenvalue weighted by atomic mass is 16.8. The van der Waals surface area contributed by atoms with Crippen molar-refractivity contribution in [2.75, 3.05) is 6.61 Å². The molecule has 0 aromatic rings. The molecule has 0 amide bonds. The quantitative estimate of drug-likeness (QED) is 0.713. The van der Waals surface area contributed by atoms with Gasteiger partial charge < -0.3 is 23.7 Å². The maximum atomic E-state index is 5.98. The second-order valence-electron chi connectivity index (χ2n) is 6.23.